The molecular formula is C14H23N3O2. The molecule has 1 atom stereocenters. The second kappa shape index (κ2) is 5.86. The van der Waals surface area contributed by atoms with Gasteiger partial charge >= 0.3 is 0 Å². The van der Waals surface area contributed by atoms with E-state index in [2.05, 4.69) is 4.98 Å². The second-order valence-electron chi connectivity index (χ2n) is 5.43. The number of hydrogen-bond acceptors (Lipinski definition) is 5. The zero-order valence-corrected chi connectivity index (χ0v) is 11.7. The van der Waals surface area contributed by atoms with Gasteiger partial charge in [-0.2, -0.15) is 0 Å². The maximum Gasteiger partial charge on any atom is 0.128 e. The number of nitrogens with zero attached hydrogens (tertiary/aromatic N) is 2. The minimum atomic E-state index is -0.682. The molecule has 2 rings (SSSR count). The highest BCUT2D eigenvalue weighted by molar-refractivity contribution is 5.41. The van der Waals surface area contributed by atoms with Crippen LogP contribution in [0.5, 0.6) is 0 Å². The lowest BCUT2D eigenvalue weighted by atomic mass is 9.94. The molecule has 0 unspecified atom stereocenters. The summed E-state index contributed by atoms with van der Waals surface area (Å²) in [6, 6.07) is 3.89. The zero-order valence-electron chi connectivity index (χ0n) is 11.7. The molecule has 1 aliphatic heterocycles. The molecule has 3 N–H and O–H groups in total. The van der Waals surface area contributed by atoms with Crippen molar-refractivity contribution in [2.45, 2.75) is 31.4 Å². The molecule has 0 aliphatic carbocycles. The Kier molecular flexibility index (Phi) is 4.39. The third kappa shape index (κ3) is 3.65. The van der Waals surface area contributed by atoms with Gasteiger partial charge in [-0.15, -0.1) is 0 Å². The molecule has 1 saturated heterocycles. The smallest absolute Gasteiger partial charge is 0.128 e. The van der Waals surface area contributed by atoms with Crippen LogP contribution in [0.3, 0.4) is 0 Å². The minimum Gasteiger partial charge on any atom is -0.388 e. The Morgan fingerprint density at radius 2 is 2.21 bits per heavy atom. The number of aromatic nitrogens is 1. The average molecular weight is 265 g/mol. The summed E-state index contributed by atoms with van der Waals surface area (Å²) in [5.41, 5.74) is 6.25. The van der Waals surface area contributed by atoms with E-state index in [1.54, 1.807) is 6.20 Å². The highest BCUT2D eigenvalue weighted by Gasteiger charge is 2.31. The van der Waals surface area contributed by atoms with E-state index in [9.17, 15) is 5.11 Å². The van der Waals surface area contributed by atoms with Crippen LogP contribution in [0.15, 0.2) is 18.3 Å². The van der Waals surface area contributed by atoms with Crippen LogP contribution in [0.1, 0.15) is 31.4 Å². The van der Waals surface area contributed by atoms with Crippen LogP contribution < -0.4 is 10.6 Å². The summed E-state index contributed by atoms with van der Waals surface area (Å²) in [6.07, 6.45) is 3.10. The summed E-state index contributed by atoms with van der Waals surface area (Å²) >= 11 is 0. The predicted octanol–water partition coefficient (Wildman–Crippen LogP) is 1.08. The molecule has 1 fully saturated rings. The number of nitrogens with two attached hydrogens (primary N) is 1. The Hall–Kier alpha value is -1.17. The van der Waals surface area contributed by atoms with Crippen LogP contribution in [0, 0.1) is 0 Å². The van der Waals surface area contributed by atoms with E-state index < -0.39 is 5.60 Å². The van der Waals surface area contributed by atoms with Crippen LogP contribution in [0.25, 0.3) is 0 Å². The number of likely N-dealkylation sites (N-methyl/N-ethyl adjacent to an activating group) is 1. The molecule has 5 nitrogen and oxygen atoms in total. The quantitative estimate of drug-likeness (QED) is 0.852. The molecule has 0 amide bonds. The molecule has 19 heavy (non-hydrogen) atoms. The van der Waals surface area contributed by atoms with Gasteiger partial charge in [0.2, 0.25) is 0 Å². The molecule has 1 aromatic heterocycles. The van der Waals surface area contributed by atoms with Crippen LogP contribution in [0.4, 0.5) is 5.82 Å². The Balaban J connectivity index is 2.06. The van der Waals surface area contributed by atoms with E-state index in [1.165, 1.54) is 0 Å². The standard InChI is InChI=1S/C14H23N3O2/c1-11(15)12-3-6-16-13(9-12)17(2)10-14(18)4-7-19-8-5-14/h3,6,9,11,18H,4-5,7-8,10,15H2,1-2H3/t11-/m0/s1. The van der Waals surface area contributed by atoms with E-state index in [0.717, 1.165) is 11.4 Å². The van der Waals surface area contributed by atoms with Gasteiger partial charge in [-0.1, -0.05) is 0 Å². The maximum atomic E-state index is 10.5. The first-order valence-electron chi connectivity index (χ1n) is 6.73. The van der Waals surface area contributed by atoms with Crippen molar-refractivity contribution in [1.82, 2.24) is 4.98 Å². The normalized spacial score (nSPS) is 20.0. The van der Waals surface area contributed by atoms with Crippen LogP contribution in [0.2, 0.25) is 0 Å². The molecule has 5 heteroatoms. The second-order valence-corrected chi connectivity index (χ2v) is 5.43. The first-order chi connectivity index (χ1) is 9.00. The van der Waals surface area contributed by atoms with Gasteiger partial charge in [0.05, 0.1) is 5.60 Å². The Bertz CT molecular complexity index is 417. The number of aliphatic hydroxyl groups is 1. The first kappa shape index (κ1) is 14.2. The zero-order chi connectivity index (χ0) is 13.9. The van der Waals surface area contributed by atoms with E-state index in [1.807, 2.05) is 31.0 Å². The maximum absolute atomic E-state index is 10.5. The van der Waals surface area contributed by atoms with Crippen molar-refractivity contribution in [3.8, 4) is 0 Å². The van der Waals surface area contributed by atoms with Gasteiger partial charge in [0, 0.05) is 51.9 Å². The topological polar surface area (TPSA) is 71.6 Å². The van der Waals surface area contributed by atoms with E-state index in [0.29, 0.717) is 32.6 Å². The highest BCUT2D eigenvalue weighted by Crippen LogP contribution is 2.24. The van der Waals surface area contributed by atoms with E-state index >= 15 is 0 Å². The summed E-state index contributed by atoms with van der Waals surface area (Å²) in [5, 5.41) is 10.5. The Morgan fingerprint density at radius 1 is 1.53 bits per heavy atom. The summed E-state index contributed by atoms with van der Waals surface area (Å²) in [4.78, 5) is 6.33. The monoisotopic (exact) mass is 265 g/mol. The number of pyridine rings is 1. The van der Waals surface area contributed by atoms with Gasteiger partial charge < -0.3 is 20.5 Å². The van der Waals surface area contributed by atoms with Gasteiger partial charge in [-0.25, -0.2) is 4.98 Å². The molecule has 0 spiro atoms. The molecule has 1 aromatic rings. The Morgan fingerprint density at radius 3 is 2.84 bits per heavy atom. The molecule has 0 radical (unpaired) electrons. The summed E-state index contributed by atoms with van der Waals surface area (Å²) in [7, 11) is 1.95. The average Bonchev–Trinajstić information content (AvgIpc) is 2.39. The fraction of sp³-hybridized carbons (Fsp3) is 0.643. The molecule has 1 aliphatic rings. The Labute approximate surface area is 114 Å². The van der Waals surface area contributed by atoms with Crippen molar-refractivity contribution in [3.63, 3.8) is 0 Å². The van der Waals surface area contributed by atoms with Crippen LogP contribution in [-0.4, -0.2) is 42.5 Å². The van der Waals surface area contributed by atoms with Crippen molar-refractivity contribution in [2.75, 3.05) is 31.7 Å². The third-order valence-electron chi connectivity index (χ3n) is 3.64. The van der Waals surface area contributed by atoms with Crippen molar-refractivity contribution in [3.05, 3.63) is 23.9 Å². The predicted molar refractivity (Wildman–Crippen MR) is 75.1 cm³/mol. The van der Waals surface area contributed by atoms with Crippen molar-refractivity contribution in [1.29, 1.82) is 0 Å². The lowest BCUT2D eigenvalue weighted by molar-refractivity contribution is -0.0573. The van der Waals surface area contributed by atoms with Crippen molar-refractivity contribution >= 4 is 5.82 Å². The summed E-state index contributed by atoms with van der Waals surface area (Å²) in [6.45, 7) is 3.76. The molecule has 106 valence electrons. The molecule has 2 heterocycles. The van der Waals surface area contributed by atoms with Crippen LogP contribution in [-0.2, 0) is 4.74 Å². The first-order valence-corrected chi connectivity index (χ1v) is 6.73. The van der Waals surface area contributed by atoms with Gasteiger partial charge in [0.15, 0.2) is 0 Å². The fourth-order valence-electron chi connectivity index (χ4n) is 2.36. The van der Waals surface area contributed by atoms with E-state index in [4.69, 9.17) is 10.5 Å². The summed E-state index contributed by atoms with van der Waals surface area (Å²) < 4.78 is 5.29. The number of hydrogen-bond donors (Lipinski definition) is 2. The fourth-order valence-corrected chi connectivity index (χ4v) is 2.36. The molecule has 0 saturated carbocycles. The minimum absolute atomic E-state index is 0.0127. The number of rotatable bonds is 4. The molecular weight excluding hydrogens is 242 g/mol. The van der Waals surface area contributed by atoms with Gasteiger partial charge in [0.1, 0.15) is 5.82 Å². The van der Waals surface area contributed by atoms with Gasteiger partial charge in [-0.05, 0) is 24.6 Å². The van der Waals surface area contributed by atoms with Gasteiger partial charge in [0.25, 0.3) is 0 Å². The van der Waals surface area contributed by atoms with Gasteiger partial charge in [-0.3, -0.25) is 0 Å². The molecule has 0 aromatic carbocycles. The number of ether oxygens (including phenoxy) is 1. The third-order valence-corrected chi connectivity index (χ3v) is 3.64. The van der Waals surface area contributed by atoms with Crippen LogP contribution >= 0.6 is 0 Å². The lowest BCUT2D eigenvalue weighted by Gasteiger charge is -2.35. The van der Waals surface area contributed by atoms with E-state index in [-0.39, 0.29) is 6.04 Å². The molecule has 0 bridgehead atoms. The lowest BCUT2D eigenvalue weighted by Crippen LogP contribution is -2.46. The summed E-state index contributed by atoms with van der Waals surface area (Å²) in [5.74, 6) is 0.842. The van der Waals surface area contributed by atoms with Crippen molar-refractivity contribution in [2.24, 2.45) is 5.73 Å². The van der Waals surface area contributed by atoms with Crippen molar-refractivity contribution < 1.29 is 9.84 Å². The SMILES string of the molecule is C[C@H](N)c1ccnc(N(C)CC2(O)CCOCC2)c1. The highest BCUT2D eigenvalue weighted by atomic mass is 16.5. The number of anilines is 1. The largest absolute Gasteiger partial charge is 0.388 e.